The number of carbonyl (C=O) groups is 1. The third-order valence-corrected chi connectivity index (χ3v) is 8.39. The average Bonchev–Trinajstić information content (AvgIpc) is 3.60. The third kappa shape index (κ3) is 4.97. The molecule has 1 saturated heterocycles. The number of aromatic nitrogens is 3. The quantitative estimate of drug-likeness (QED) is 0.193. The Kier molecular flexibility index (Phi) is 7.11. The molecule has 2 atom stereocenters. The van der Waals surface area contributed by atoms with E-state index in [0.717, 1.165) is 18.9 Å². The number of non-ortho nitro benzene ring substituents is 1. The van der Waals surface area contributed by atoms with Gasteiger partial charge in [-0.1, -0.05) is 11.6 Å². The molecule has 42 heavy (non-hydrogen) atoms. The molecule has 4 aromatic rings. The van der Waals surface area contributed by atoms with E-state index in [9.17, 15) is 29.9 Å². The predicted octanol–water partition coefficient (Wildman–Crippen LogP) is 3.62. The second kappa shape index (κ2) is 10.6. The molecule has 2 aromatic heterocycles. The fraction of sp³-hybridized carbons (Fsp3) is 0.393. The number of nitrogens with zero attached hydrogens (tertiary/aromatic N) is 5. The molecule has 12 nitrogen and oxygen atoms in total. The van der Waals surface area contributed by atoms with Crippen LogP contribution >= 0.6 is 11.6 Å². The van der Waals surface area contributed by atoms with Crippen molar-refractivity contribution in [1.82, 2.24) is 19.4 Å². The number of hydrogen-bond acceptors (Lipinski definition) is 8. The minimum absolute atomic E-state index is 0.00103. The fourth-order valence-electron chi connectivity index (χ4n) is 5.80. The van der Waals surface area contributed by atoms with Crippen LogP contribution in [0.25, 0.3) is 21.9 Å². The first-order valence-electron chi connectivity index (χ1n) is 13.6. The van der Waals surface area contributed by atoms with Crippen molar-refractivity contribution in [2.24, 2.45) is 0 Å². The highest BCUT2D eigenvalue weighted by Gasteiger charge is 2.32. The normalized spacial score (nSPS) is 17.8. The van der Waals surface area contributed by atoms with E-state index in [0.29, 0.717) is 41.9 Å². The largest absolute Gasteiger partial charge is 0.477 e. The van der Waals surface area contributed by atoms with E-state index in [1.165, 1.54) is 18.3 Å². The van der Waals surface area contributed by atoms with Gasteiger partial charge in [-0.15, -0.1) is 0 Å². The molecule has 1 aliphatic heterocycles. The second-order valence-corrected chi connectivity index (χ2v) is 11.3. The van der Waals surface area contributed by atoms with Crippen molar-refractivity contribution < 1.29 is 24.3 Å². The zero-order valence-electron chi connectivity index (χ0n) is 22.6. The minimum Gasteiger partial charge on any atom is -0.477 e. The number of nitro benzene ring substituents is 1. The SMILES string of the molecule is Cc1nc2ccc([N+](=O)[O-])cc2n1CC(O)CNC1CCN(c2c(F)cc3c(=O)c(C(=O)O)cn(C4CC4)c3c2Cl)C1. The smallest absolute Gasteiger partial charge is 0.341 e. The Morgan fingerprint density at radius 1 is 1.31 bits per heavy atom. The number of anilines is 1. The second-order valence-electron chi connectivity index (χ2n) is 10.9. The van der Waals surface area contributed by atoms with Crippen LogP contribution in [0, 0.1) is 22.9 Å². The molecule has 6 rings (SSSR count). The van der Waals surface area contributed by atoms with Crippen LogP contribution in [0.2, 0.25) is 5.02 Å². The summed E-state index contributed by atoms with van der Waals surface area (Å²) in [4.78, 5) is 41.5. The van der Waals surface area contributed by atoms with Crippen LogP contribution in [0.4, 0.5) is 15.8 Å². The molecule has 3 N–H and O–H groups in total. The Morgan fingerprint density at radius 3 is 2.76 bits per heavy atom. The zero-order valence-corrected chi connectivity index (χ0v) is 23.3. The number of aliphatic hydroxyl groups excluding tert-OH is 1. The number of hydrogen-bond donors (Lipinski definition) is 3. The van der Waals surface area contributed by atoms with Gasteiger partial charge >= 0.3 is 5.97 Å². The van der Waals surface area contributed by atoms with Gasteiger partial charge < -0.3 is 29.6 Å². The molecular formula is C28H28ClFN6O6. The molecule has 0 bridgehead atoms. The number of imidazole rings is 1. The summed E-state index contributed by atoms with van der Waals surface area (Å²) < 4.78 is 18.9. The molecular weight excluding hydrogens is 571 g/mol. The summed E-state index contributed by atoms with van der Waals surface area (Å²) >= 11 is 6.76. The van der Waals surface area contributed by atoms with Gasteiger partial charge in [-0.3, -0.25) is 14.9 Å². The third-order valence-electron chi connectivity index (χ3n) is 8.03. The fourth-order valence-corrected chi connectivity index (χ4v) is 6.21. The van der Waals surface area contributed by atoms with E-state index >= 15 is 4.39 Å². The molecule has 14 heteroatoms. The number of halogens is 2. The number of pyridine rings is 1. The van der Waals surface area contributed by atoms with Crippen molar-refractivity contribution in [2.75, 3.05) is 24.5 Å². The summed E-state index contributed by atoms with van der Waals surface area (Å²) in [6.07, 6.45) is 2.74. The van der Waals surface area contributed by atoms with Crippen LogP contribution in [0.5, 0.6) is 0 Å². The molecule has 3 heterocycles. The lowest BCUT2D eigenvalue weighted by atomic mass is 10.1. The number of fused-ring (bicyclic) bond motifs is 2. The van der Waals surface area contributed by atoms with Gasteiger partial charge in [-0.25, -0.2) is 14.2 Å². The van der Waals surface area contributed by atoms with Crippen LogP contribution in [0.3, 0.4) is 0 Å². The summed E-state index contributed by atoms with van der Waals surface area (Å²) in [7, 11) is 0. The lowest BCUT2D eigenvalue weighted by Crippen LogP contribution is -2.39. The van der Waals surface area contributed by atoms with Gasteiger partial charge in [0.1, 0.15) is 17.2 Å². The summed E-state index contributed by atoms with van der Waals surface area (Å²) in [5.74, 6) is -1.45. The molecule has 0 spiro atoms. The van der Waals surface area contributed by atoms with Crippen LogP contribution in [0.15, 0.2) is 35.3 Å². The number of rotatable bonds is 9. The maximum Gasteiger partial charge on any atom is 0.341 e. The van der Waals surface area contributed by atoms with Crippen LogP contribution < -0.4 is 15.6 Å². The lowest BCUT2D eigenvalue weighted by Gasteiger charge is -2.24. The average molecular weight is 599 g/mol. The number of nitro groups is 1. The van der Waals surface area contributed by atoms with Gasteiger partial charge in [-0.2, -0.15) is 0 Å². The number of aliphatic hydroxyl groups is 1. The van der Waals surface area contributed by atoms with E-state index < -0.39 is 33.8 Å². The van der Waals surface area contributed by atoms with Crippen LogP contribution in [-0.2, 0) is 6.54 Å². The van der Waals surface area contributed by atoms with Crippen molar-refractivity contribution in [3.8, 4) is 0 Å². The van der Waals surface area contributed by atoms with E-state index in [-0.39, 0.29) is 47.0 Å². The monoisotopic (exact) mass is 598 g/mol. The first-order chi connectivity index (χ1) is 20.0. The van der Waals surface area contributed by atoms with E-state index in [1.54, 1.807) is 27.0 Å². The van der Waals surface area contributed by atoms with Gasteiger partial charge in [-0.05, 0) is 38.3 Å². The zero-order chi connectivity index (χ0) is 29.9. The maximum atomic E-state index is 15.5. The molecule has 2 aliphatic rings. The molecule has 0 amide bonds. The summed E-state index contributed by atoms with van der Waals surface area (Å²) in [6, 6.07) is 5.41. The highest BCUT2D eigenvalue weighted by atomic mass is 35.5. The Morgan fingerprint density at radius 2 is 2.07 bits per heavy atom. The standard InChI is InChI=1S/C28H28ClFN6O6/c1-14-32-22-5-4-17(36(41)42)8-23(22)34(14)12-18(37)10-31-15-6-7-33(11-15)26-21(30)9-19-25(24(26)29)35(16-2-3-16)13-20(27(19)38)28(39)40/h4-5,8-9,13,15-16,18,31,37H,2-3,6-7,10-12H2,1H3,(H,39,40). The van der Waals surface area contributed by atoms with Crippen LogP contribution in [-0.4, -0.2) is 67.0 Å². The summed E-state index contributed by atoms with van der Waals surface area (Å²) in [6.45, 7) is 3.04. The Bertz CT molecular complexity index is 1820. The Labute approximate surface area is 243 Å². The molecule has 2 fully saturated rings. The van der Waals surface area contributed by atoms with Crippen molar-refractivity contribution in [1.29, 1.82) is 0 Å². The first-order valence-corrected chi connectivity index (χ1v) is 14.0. The Balaban J connectivity index is 1.18. The highest BCUT2D eigenvalue weighted by Crippen LogP contribution is 2.42. The number of benzene rings is 2. The Hall–Kier alpha value is -4.07. The summed E-state index contributed by atoms with van der Waals surface area (Å²) in [5.41, 5.74) is 0.414. The molecule has 2 unspecified atom stereocenters. The number of carboxylic acid groups (broad SMARTS) is 1. The molecule has 1 saturated carbocycles. The lowest BCUT2D eigenvalue weighted by molar-refractivity contribution is -0.384. The van der Waals surface area contributed by atoms with Gasteiger partial charge in [0, 0.05) is 50.0 Å². The minimum atomic E-state index is -1.37. The number of aryl methyl sites for hydroxylation is 1. The predicted molar refractivity (Wildman–Crippen MR) is 154 cm³/mol. The summed E-state index contributed by atoms with van der Waals surface area (Å²) in [5, 5.41) is 34.8. The van der Waals surface area contributed by atoms with E-state index in [2.05, 4.69) is 10.3 Å². The molecule has 0 radical (unpaired) electrons. The number of carboxylic acids is 1. The number of nitrogens with one attached hydrogen (secondary N) is 1. The van der Waals surface area contributed by atoms with E-state index in [1.807, 2.05) is 0 Å². The van der Waals surface area contributed by atoms with Crippen molar-refractivity contribution >= 4 is 50.9 Å². The van der Waals surface area contributed by atoms with Crippen molar-refractivity contribution in [3.63, 3.8) is 0 Å². The van der Waals surface area contributed by atoms with E-state index in [4.69, 9.17) is 11.6 Å². The maximum absolute atomic E-state index is 15.5. The van der Waals surface area contributed by atoms with Gasteiger partial charge in [0.05, 0.1) is 50.2 Å². The molecule has 1 aliphatic carbocycles. The van der Waals surface area contributed by atoms with Crippen molar-refractivity contribution in [2.45, 2.75) is 50.9 Å². The number of aromatic carboxylic acids is 1. The van der Waals surface area contributed by atoms with Crippen molar-refractivity contribution in [3.05, 3.63) is 73.0 Å². The topological polar surface area (TPSA) is 156 Å². The van der Waals surface area contributed by atoms with Gasteiger partial charge in [0.25, 0.3) is 5.69 Å². The van der Waals surface area contributed by atoms with Gasteiger partial charge in [0.2, 0.25) is 5.43 Å². The highest BCUT2D eigenvalue weighted by molar-refractivity contribution is 6.38. The van der Waals surface area contributed by atoms with Gasteiger partial charge in [0.15, 0.2) is 0 Å². The molecule has 220 valence electrons. The molecule has 2 aromatic carbocycles. The first kappa shape index (κ1) is 28.1. The van der Waals surface area contributed by atoms with Crippen LogP contribution in [0.1, 0.15) is 41.5 Å².